The average Bonchev–Trinajstić information content (AvgIpc) is 3.44. The SMILES string of the molecule is C=CCn1c(COc2ccccc2Cl)nnc1SCC(=O)Nc1nc(-c2ccc(Cl)cc2Cl)cs1. The molecule has 0 aliphatic carbocycles. The molecule has 35 heavy (non-hydrogen) atoms. The third-order valence-corrected chi connectivity index (χ3v) is 7.17. The molecule has 7 nitrogen and oxygen atoms in total. The molecule has 2 heterocycles. The van der Waals surface area contributed by atoms with Gasteiger partial charge >= 0.3 is 0 Å². The fourth-order valence-electron chi connectivity index (χ4n) is 2.99. The highest BCUT2D eigenvalue weighted by Crippen LogP contribution is 2.32. The van der Waals surface area contributed by atoms with Crippen LogP contribution in [0.3, 0.4) is 0 Å². The largest absolute Gasteiger partial charge is 0.484 e. The molecule has 0 saturated carbocycles. The van der Waals surface area contributed by atoms with Gasteiger partial charge in [0.1, 0.15) is 12.4 Å². The molecule has 0 saturated heterocycles. The number of benzene rings is 2. The lowest BCUT2D eigenvalue weighted by Gasteiger charge is -2.10. The summed E-state index contributed by atoms with van der Waals surface area (Å²) in [5.74, 6) is 1.05. The minimum atomic E-state index is -0.222. The Hall–Kier alpha value is -2.56. The van der Waals surface area contributed by atoms with Gasteiger partial charge < -0.3 is 10.1 Å². The molecule has 0 aliphatic rings. The zero-order valence-electron chi connectivity index (χ0n) is 18.1. The third-order valence-electron chi connectivity index (χ3n) is 4.59. The Morgan fingerprint density at radius 1 is 1.17 bits per heavy atom. The van der Waals surface area contributed by atoms with Crippen LogP contribution < -0.4 is 10.1 Å². The van der Waals surface area contributed by atoms with Crippen molar-refractivity contribution in [2.24, 2.45) is 0 Å². The van der Waals surface area contributed by atoms with E-state index in [-0.39, 0.29) is 18.3 Å². The van der Waals surface area contributed by atoms with Crippen molar-refractivity contribution < 1.29 is 9.53 Å². The van der Waals surface area contributed by atoms with Gasteiger partial charge in [-0.05, 0) is 30.3 Å². The maximum atomic E-state index is 12.5. The number of rotatable bonds is 10. The molecule has 4 aromatic rings. The Morgan fingerprint density at radius 2 is 2.00 bits per heavy atom. The summed E-state index contributed by atoms with van der Waals surface area (Å²) in [4.78, 5) is 17.0. The number of halogens is 3. The van der Waals surface area contributed by atoms with Crippen molar-refractivity contribution >= 4 is 68.9 Å². The molecule has 0 spiro atoms. The maximum Gasteiger partial charge on any atom is 0.236 e. The molecule has 1 amide bonds. The Labute approximate surface area is 225 Å². The first-order valence-corrected chi connectivity index (χ1v) is 13.2. The van der Waals surface area contributed by atoms with Gasteiger partial charge in [-0.3, -0.25) is 9.36 Å². The van der Waals surface area contributed by atoms with Gasteiger partial charge in [0.05, 0.1) is 21.5 Å². The molecule has 0 atom stereocenters. The van der Waals surface area contributed by atoms with Gasteiger partial charge in [-0.2, -0.15) is 0 Å². The number of thioether (sulfide) groups is 1. The van der Waals surface area contributed by atoms with Gasteiger partial charge in [0.2, 0.25) is 5.91 Å². The molecule has 0 aliphatic heterocycles. The van der Waals surface area contributed by atoms with Gasteiger partial charge in [-0.15, -0.1) is 28.1 Å². The smallest absolute Gasteiger partial charge is 0.236 e. The highest BCUT2D eigenvalue weighted by molar-refractivity contribution is 7.99. The summed E-state index contributed by atoms with van der Waals surface area (Å²) in [6, 6.07) is 12.4. The molecule has 12 heteroatoms. The van der Waals surface area contributed by atoms with Crippen molar-refractivity contribution in [3.05, 3.63) is 81.4 Å². The standard InChI is InChI=1S/C23H18Cl3N5O2S2/c1-2-9-31-20(11-33-19-6-4-3-5-16(19)25)29-30-23(31)35-13-21(32)28-22-27-18(12-34-22)15-8-7-14(24)10-17(15)26/h2-8,10,12H,1,9,11,13H2,(H,27,28,32). The summed E-state index contributed by atoms with van der Waals surface area (Å²) in [7, 11) is 0. The predicted molar refractivity (Wildman–Crippen MR) is 143 cm³/mol. The molecular weight excluding hydrogens is 549 g/mol. The van der Waals surface area contributed by atoms with E-state index in [0.29, 0.717) is 49.2 Å². The van der Waals surface area contributed by atoms with Crippen LogP contribution in [-0.4, -0.2) is 31.4 Å². The highest BCUT2D eigenvalue weighted by Gasteiger charge is 2.16. The first-order valence-electron chi connectivity index (χ1n) is 10.2. The first-order chi connectivity index (χ1) is 16.9. The molecule has 0 bridgehead atoms. The van der Waals surface area contributed by atoms with Crippen LogP contribution in [0, 0.1) is 0 Å². The monoisotopic (exact) mass is 565 g/mol. The number of allylic oxidation sites excluding steroid dienone is 1. The quantitative estimate of drug-likeness (QED) is 0.167. The van der Waals surface area contributed by atoms with Crippen LogP contribution >= 0.6 is 57.9 Å². The summed E-state index contributed by atoms with van der Waals surface area (Å²) in [6.45, 7) is 4.43. The number of aromatic nitrogens is 4. The molecule has 2 aromatic heterocycles. The summed E-state index contributed by atoms with van der Waals surface area (Å²) in [6.07, 6.45) is 1.73. The number of amides is 1. The van der Waals surface area contributed by atoms with Gasteiger partial charge in [-0.25, -0.2) is 4.98 Å². The number of hydrogen-bond donors (Lipinski definition) is 1. The van der Waals surface area contributed by atoms with Crippen molar-refractivity contribution in [2.75, 3.05) is 11.1 Å². The number of ether oxygens (including phenoxy) is 1. The van der Waals surface area contributed by atoms with E-state index in [1.54, 1.807) is 36.4 Å². The van der Waals surface area contributed by atoms with E-state index in [0.717, 1.165) is 5.56 Å². The van der Waals surface area contributed by atoms with E-state index < -0.39 is 0 Å². The van der Waals surface area contributed by atoms with Crippen molar-refractivity contribution in [1.29, 1.82) is 0 Å². The molecule has 180 valence electrons. The van der Waals surface area contributed by atoms with E-state index in [2.05, 4.69) is 27.1 Å². The van der Waals surface area contributed by atoms with Crippen LogP contribution in [0.2, 0.25) is 15.1 Å². The zero-order chi connectivity index (χ0) is 24.8. The Balaban J connectivity index is 1.37. The van der Waals surface area contributed by atoms with Crippen LogP contribution in [0.1, 0.15) is 5.82 Å². The molecule has 0 radical (unpaired) electrons. The van der Waals surface area contributed by atoms with Crippen LogP contribution in [-0.2, 0) is 17.9 Å². The number of thiazole rings is 1. The minimum Gasteiger partial charge on any atom is -0.484 e. The van der Waals surface area contributed by atoms with Gasteiger partial charge in [-0.1, -0.05) is 64.8 Å². The van der Waals surface area contributed by atoms with Crippen molar-refractivity contribution in [3.63, 3.8) is 0 Å². The fourth-order valence-corrected chi connectivity index (χ4v) is 5.18. The van der Waals surface area contributed by atoms with Crippen molar-refractivity contribution in [2.45, 2.75) is 18.3 Å². The molecular formula is C23H18Cl3N5O2S2. The Kier molecular flexibility index (Phi) is 8.69. The Bertz CT molecular complexity index is 1360. The van der Waals surface area contributed by atoms with E-state index >= 15 is 0 Å². The second kappa shape index (κ2) is 11.9. The van der Waals surface area contributed by atoms with Crippen molar-refractivity contribution in [3.8, 4) is 17.0 Å². The summed E-state index contributed by atoms with van der Waals surface area (Å²) in [5, 5.41) is 15.6. The lowest BCUT2D eigenvalue weighted by molar-refractivity contribution is -0.113. The highest BCUT2D eigenvalue weighted by atomic mass is 35.5. The van der Waals surface area contributed by atoms with Gasteiger partial charge in [0.15, 0.2) is 16.1 Å². The molecule has 0 fully saturated rings. The van der Waals surface area contributed by atoms with E-state index in [4.69, 9.17) is 39.5 Å². The predicted octanol–water partition coefficient (Wildman–Crippen LogP) is 6.86. The normalized spacial score (nSPS) is 10.8. The summed E-state index contributed by atoms with van der Waals surface area (Å²) in [5.41, 5.74) is 1.40. The number of hydrogen-bond acceptors (Lipinski definition) is 7. The first kappa shape index (κ1) is 25.5. The summed E-state index contributed by atoms with van der Waals surface area (Å²) < 4.78 is 7.62. The van der Waals surface area contributed by atoms with Crippen LogP contribution in [0.5, 0.6) is 5.75 Å². The number of carbonyl (C=O) groups excluding carboxylic acids is 1. The third kappa shape index (κ3) is 6.56. The number of nitrogens with one attached hydrogen (secondary N) is 1. The molecule has 2 aromatic carbocycles. The number of nitrogens with zero attached hydrogens (tertiary/aromatic N) is 4. The lowest BCUT2D eigenvalue weighted by atomic mass is 10.2. The van der Waals surface area contributed by atoms with Crippen LogP contribution in [0.15, 0.2) is 65.7 Å². The topological polar surface area (TPSA) is 81.9 Å². The minimum absolute atomic E-state index is 0.122. The fraction of sp³-hybridized carbons (Fsp3) is 0.130. The molecule has 4 rings (SSSR count). The number of anilines is 1. The van der Waals surface area contributed by atoms with Gasteiger partial charge in [0, 0.05) is 22.5 Å². The van der Waals surface area contributed by atoms with Crippen molar-refractivity contribution in [1.82, 2.24) is 19.7 Å². The Morgan fingerprint density at radius 3 is 2.77 bits per heavy atom. The summed E-state index contributed by atoms with van der Waals surface area (Å²) >= 11 is 20.9. The van der Waals surface area contributed by atoms with E-state index in [1.165, 1.54) is 23.1 Å². The second-order valence-electron chi connectivity index (χ2n) is 7.02. The zero-order valence-corrected chi connectivity index (χ0v) is 22.0. The molecule has 0 unspecified atom stereocenters. The van der Waals surface area contributed by atoms with Crippen LogP contribution in [0.4, 0.5) is 5.13 Å². The average molecular weight is 567 g/mol. The number of para-hydroxylation sites is 1. The molecule has 1 N–H and O–H groups in total. The van der Waals surface area contributed by atoms with E-state index in [1.807, 2.05) is 22.1 Å². The van der Waals surface area contributed by atoms with Gasteiger partial charge in [0.25, 0.3) is 0 Å². The number of carbonyl (C=O) groups is 1. The van der Waals surface area contributed by atoms with Crippen LogP contribution in [0.25, 0.3) is 11.3 Å². The lowest BCUT2D eigenvalue weighted by Crippen LogP contribution is -2.15. The van der Waals surface area contributed by atoms with E-state index in [9.17, 15) is 4.79 Å². The second-order valence-corrected chi connectivity index (χ2v) is 10.1. The maximum absolute atomic E-state index is 12.5.